The van der Waals surface area contributed by atoms with Gasteiger partial charge in [0.2, 0.25) is 0 Å². The Labute approximate surface area is 142 Å². The fraction of sp³-hybridized carbons (Fsp3) is 0.125. The number of hydrogen-bond donors (Lipinski definition) is 1. The van der Waals surface area contributed by atoms with Gasteiger partial charge in [-0.05, 0) is 30.7 Å². The van der Waals surface area contributed by atoms with Gasteiger partial charge in [-0.1, -0.05) is 17.7 Å². The number of anilines is 1. The molecule has 0 aliphatic rings. The third kappa shape index (κ3) is 3.88. The molecular weight excluding hydrogens is 336 g/mol. The Morgan fingerprint density at radius 3 is 2.42 bits per heavy atom. The number of non-ortho nitro benzene ring substituents is 1. The molecule has 8 heteroatoms. The Bertz CT molecular complexity index is 835. The third-order valence-corrected chi connectivity index (χ3v) is 3.65. The number of nitro groups is 1. The fourth-order valence-electron chi connectivity index (χ4n) is 1.96. The lowest BCUT2D eigenvalue weighted by Crippen LogP contribution is -2.14. The van der Waals surface area contributed by atoms with Crippen molar-refractivity contribution in [1.29, 1.82) is 0 Å². The van der Waals surface area contributed by atoms with Crippen molar-refractivity contribution >= 4 is 34.9 Å². The molecule has 0 radical (unpaired) electrons. The number of nitro benzene ring substituents is 1. The van der Waals surface area contributed by atoms with Crippen molar-refractivity contribution in [2.45, 2.75) is 6.92 Å². The predicted molar refractivity (Wildman–Crippen MR) is 88.6 cm³/mol. The second-order valence-electron chi connectivity index (χ2n) is 4.94. The lowest BCUT2D eigenvalue weighted by Gasteiger charge is -2.08. The second-order valence-corrected chi connectivity index (χ2v) is 5.34. The van der Waals surface area contributed by atoms with Crippen LogP contribution in [0.3, 0.4) is 0 Å². The van der Waals surface area contributed by atoms with E-state index in [0.29, 0.717) is 10.7 Å². The molecule has 0 aromatic heterocycles. The zero-order valence-electron chi connectivity index (χ0n) is 12.8. The highest BCUT2D eigenvalue weighted by Gasteiger charge is 2.18. The number of nitrogens with one attached hydrogen (secondary N) is 1. The largest absolute Gasteiger partial charge is 0.465 e. The van der Waals surface area contributed by atoms with Gasteiger partial charge in [0.25, 0.3) is 11.6 Å². The zero-order valence-corrected chi connectivity index (χ0v) is 13.6. The summed E-state index contributed by atoms with van der Waals surface area (Å²) in [6, 6.07) is 8.29. The Morgan fingerprint density at radius 1 is 1.17 bits per heavy atom. The van der Waals surface area contributed by atoms with Crippen molar-refractivity contribution in [1.82, 2.24) is 0 Å². The van der Waals surface area contributed by atoms with Gasteiger partial charge in [0.15, 0.2) is 0 Å². The molecule has 7 nitrogen and oxygen atoms in total. The number of halogens is 1. The number of aryl methyl sites for hydroxylation is 1. The molecule has 0 heterocycles. The van der Waals surface area contributed by atoms with Gasteiger partial charge in [0.05, 0.1) is 17.6 Å². The summed E-state index contributed by atoms with van der Waals surface area (Å²) in [7, 11) is 1.15. The fourth-order valence-corrected chi connectivity index (χ4v) is 2.14. The first-order valence-corrected chi connectivity index (χ1v) is 7.15. The summed E-state index contributed by atoms with van der Waals surface area (Å²) in [4.78, 5) is 34.2. The number of hydrogen-bond acceptors (Lipinski definition) is 5. The third-order valence-electron chi connectivity index (χ3n) is 3.24. The SMILES string of the molecule is COC(=O)c1cc(C(=O)Nc2ccc(C)c(Cl)c2)cc([N+](=O)[O-])c1. The number of nitrogens with zero attached hydrogens (tertiary/aromatic N) is 1. The normalized spacial score (nSPS) is 10.1. The number of carbonyl (C=O) groups is 2. The highest BCUT2D eigenvalue weighted by Crippen LogP contribution is 2.22. The summed E-state index contributed by atoms with van der Waals surface area (Å²) in [6.07, 6.45) is 0. The second kappa shape index (κ2) is 7.10. The molecule has 2 aromatic carbocycles. The Kier molecular flexibility index (Phi) is 5.15. The number of rotatable bonds is 4. The number of amides is 1. The average Bonchev–Trinajstić information content (AvgIpc) is 2.56. The van der Waals surface area contributed by atoms with Crippen LogP contribution in [-0.4, -0.2) is 23.9 Å². The van der Waals surface area contributed by atoms with Crippen LogP contribution in [0.2, 0.25) is 5.02 Å². The standard InChI is InChI=1S/C16H13ClN2O5/c1-9-3-4-12(8-14(9)17)18-15(20)10-5-11(16(21)24-2)7-13(6-10)19(22)23/h3-8H,1-2H3,(H,18,20). The highest BCUT2D eigenvalue weighted by molar-refractivity contribution is 6.31. The number of methoxy groups -OCH3 is 1. The molecule has 0 aliphatic carbocycles. The van der Waals surface area contributed by atoms with Gasteiger partial charge in [0, 0.05) is 28.4 Å². The molecule has 2 rings (SSSR count). The molecule has 0 spiro atoms. The topological polar surface area (TPSA) is 98.5 Å². The minimum Gasteiger partial charge on any atom is -0.465 e. The summed E-state index contributed by atoms with van der Waals surface area (Å²) >= 11 is 5.99. The molecule has 124 valence electrons. The number of carbonyl (C=O) groups excluding carboxylic acids is 2. The molecule has 0 aliphatic heterocycles. The van der Waals surface area contributed by atoms with Gasteiger partial charge in [-0.2, -0.15) is 0 Å². The molecule has 1 amide bonds. The Morgan fingerprint density at radius 2 is 1.83 bits per heavy atom. The maximum absolute atomic E-state index is 12.3. The van der Waals surface area contributed by atoms with Crippen molar-refractivity contribution in [3.8, 4) is 0 Å². The van der Waals surface area contributed by atoms with E-state index in [1.165, 1.54) is 6.07 Å². The van der Waals surface area contributed by atoms with Gasteiger partial charge >= 0.3 is 5.97 Å². The van der Waals surface area contributed by atoms with Crippen LogP contribution in [0.4, 0.5) is 11.4 Å². The summed E-state index contributed by atoms with van der Waals surface area (Å²) in [5.41, 5.74) is 0.768. The molecule has 0 fully saturated rings. The van der Waals surface area contributed by atoms with E-state index in [9.17, 15) is 19.7 Å². The predicted octanol–water partition coefficient (Wildman–Crippen LogP) is 3.60. The molecule has 2 aromatic rings. The molecule has 1 N–H and O–H groups in total. The van der Waals surface area contributed by atoms with E-state index < -0.39 is 16.8 Å². The summed E-state index contributed by atoms with van der Waals surface area (Å²) in [5, 5.41) is 14.0. The van der Waals surface area contributed by atoms with Crippen LogP contribution in [0, 0.1) is 17.0 Å². The molecule has 0 saturated heterocycles. The van der Waals surface area contributed by atoms with E-state index in [2.05, 4.69) is 10.1 Å². The first-order valence-electron chi connectivity index (χ1n) is 6.77. The van der Waals surface area contributed by atoms with E-state index in [1.54, 1.807) is 18.2 Å². The number of ether oxygens (including phenoxy) is 1. The minimum atomic E-state index is -0.772. The molecule has 24 heavy (non-hydrogen) atoms. The highest BCUT2D eigenvalue weighted by atomic mass is 35.5. The molecule has 0 atom stereocenters. The summed E-state index contributed by atoms with van der Waals surface area (Å²) in [5.74, 6) is -1.38. The van der Waals surface area contributed by atoms with Gasteiger partial charge < -0.3 is 10.1 Å². The van der Waals surface area contributed by atoms with Crippen LogP contribution in [0.5, 0.6) is 0 Å². The van der Waals surface area contributed by atoms with Crippen molar-refractivity contribution in [3.63, 3.8) is 0 Å². The maximum atomic E-state index is 12.3. The Hall–Kier alpha value is -2.93. The maximum Gasteiger partial charge on any atom is 0.338 e. The van der Waals surface area contributed by atoms with E-state index in [4.69, 9.17) is 11.6 Å². The number of benzene rings is 2. The quantitative estimate of drug-likeness (QED) is 0.517. The lowest BCUT2D eigenvalue weighted by atomic mass is 10.1. The molecule has 0 saturated carbocycles. The van der Waals surface area contributed by atoms with Crippen molar-refractivity contribution in [3.05, 3.63) is 68.2 Å². The van der Waals surface area contributed by atoms with Gasteiger partial charge in [-0.25, -0.2) is 4.79 Å². The first kappa shape index (κ1) is 17.4. The molecule has 0 unspecified atom stereocenters. The van der Waals surface area contributed by atoms with Gasteiger partial charge in [-0.3, -0.25) is 14.9 Å². The van der Waals surface area contributed by atoms with Crippen LogP contribution in [0.1, 0.15) is 26.3 Å². The van der Waals surface area contributed by atoms with Crippen LogP contribution in [-0.2, 0) is 4.74 Å². The minimum absolute atomic E-state index is 0.0405. The van der Waals surface area contributed by atoms with Gasteiger partial charge in [0.1, 0.15) is 0 Å². The molecule has 0 bridgehead atoms. The van der Waals surface area contributed by atoms with Gasteiger partial charge in [-0.15, -0.1) is 0 Å². The van der Waals surface area contributed by atoms with Crippen LogP contribution >= 0.6 is 11.6 Å². The molecular formula is C16H13ClN2O5. The van der Waals surface area contributed by atoms with Crippen LogP contribution in [0.25, 0.3) is 0 Å². The van der Waals surface area contributed by atoms with Crippen molar-refractivity contribution < 1.29 is 19.2 Å². The van der Waals surface area contributed by atoms with Crippen molar-refractivity contribution in [2.24, 2.45) is 0 Å². The van der Waals surface area contributed by atoms with E-state index >= 15 is 0 Å². The van der Waals surface area contributed by atoms with Crippen LogP contribution < -0.4 is 5.32 Å². The summed E-state index contributed by atoms with van der Waals surface area (Å²) in [6.45, 7) is 1.82. The van der Waals surface area contributed by atoms with E-state index in [1.807, 2.05) is 6.92 Å². The smallest absolute Gasteiger partial charge is 0.338 e. The van der Waals surface area contributed by atoms with E-state index in [0.717, 1.165) is 24.8 Å². The first-order chi connectivity index (χ1) is 11.3. The zero-order chi connectivity index (χ0) is 17.9. The van der Waals surface area contributed by atoms with Crippen molar-refractivity contribution in [2.75, 3.05) is 12.4 Å². The summed E-state index contributed by atoms with van der Waals surface area (Å²) < 4.78 is 4.54. The Balaban J connectivity index is 2.37. The monoisotopic (exact) mass is 348 g/mol. The average molecular weight is 349 g/mol. The lowest BCUT2D eigenvalue weighted by molar-refractivity contribution is -0.384. The van der Waals surface area contributed by atoms with E-state index in [-0.39, 0.29) is 16.8 Å². The number of esters is 1. The van der Waals surface area contributed by atoms with Crippen LogP contribution in [0.15, 0.2) is 36.4 Å².